The van der Waals surface area contributed by atoms with Crippen LogP contribution in [0, 0.1) is 51.7 Å². The normalized spacial score (nSPS) is 15.6. The Labute approximate surface area is 593 Å². The topological polar surface area (TPSA) is 160 Å². The minimum absolute atomic E-state index is 0.0632. The zero-order chi connectivity index (χ0) is 61.7. The van der Waals surface area contributed by atoms with E-state index in [1.54, 1.807) is 36.4 Å². The zero-order valence-corrected chi connectivity index (χ0v) is 62.6. The molecule has 0 bridgehead atoms. The Balaban J connectivity index is 0.984. The van der Waals surface area contributed by atoms with Crippen LogP contribution in [0.3, 0.4) is 0 Å². The van der Waals surface area contributed by atoms with Crippen LogP contribution in [0.25, 0.3) is 12.2 Å². The lowest BCUT2D eigenvalue weighted by Gasteiger charge is -2.44. The molecule has 442 valence electrons. The molecule has 1 atom stereocenters. The van der Waals surface area contributed by atoms with E-state index in [2.05, 4.69) is 228 Å². The second-order valence-corrected chi connectivity index (χ2v) is 31.2. The molecular weight excluding hydrogens is 1860 g/mol. The average molecular weight is 1920 g/mol. The smallest absolute Gasteiger partial charge is 0.153 e. The van der Waals surface area contributed by atoms with Crippen molar-refractivity contribution in [3.05, 3.63) is 219 Å². The molecule has 0 saturated heterocycles. The SMILES string of the molecule is C=Cc1cc(Oc2cc(C=C)c(O)c(C(Oc3c(I)cc(Cc4cc(C(C)(C)C5CCC(C)(c6cc(C)c(O)c(Cc7cc(C)c(O)c(I)c7)c6)CC5)cc(C)c4O)cc3I)c3cc(I)c(O)c(I)c3)c2)cc(Cc2cc(I)c(O)c(I)c2)c1O. The number of hydrogen-bond acceptors (Lipinski definition) is 9. The molecule has 0 heterocycles. The van der Waals surface area contributed by atoms with E-state index in [0.717, 1.165) is 80.9 Å². The molecule has 8 aromatic carbocycles. The largest absolute Gasteiger partial charge is 0.507 e. The van der Waals surface area contributed by atoms with Gasteiger partial charge >= 0.3 is 0 Å². The first-order chi connectivity index (χ1) is 40.1. The Hall–Kier alpha value is -3.45. The number of halogens is 7. The van der Waals surface area contributed by atoms with Crippen LogP contribution in [0.5, 0.6) is 57.5 Å². The van der Waals surface area contributed by atoms with Crippen molar-refractivity contribution in [1.82, 2.24) is 0 Å². The van der Waals surface area contributed by atoms with Crippen molar-refractivity contribution in [2.24, 2.45) is 5.92 Å². The first-order valence-corrected chi connectivity index (χ1v) is 34.9. The van der Waals surface area contributed by atoms with Crippen LogP contribution in [0.4, 0.5) is 0 Å². The third kappa shape index (κ3) is 14.3. The Kier molecular flexibility index (Phi) is 20.9. The Morgan fingerprint density at radius 1 is 0.506 bits per heavy atom. The molecule has 9 rings (SSSR count). The molecule has 0 spiro atoms. The fourth-order valence-electron chi connectivity index (χ4n) is 11.7. The molecule has 0 radical (unpaired) electrons. The molecule has 1 saturated carbocycles. The lowest BCUT2D eigenvalue weighted by atomic mass is 9.60. The molecule has 0 amide bonds. The maximum absolute atomic E-state index is 12.1. The summed E-state index contributed by atoms with van der Waals surface area (Å²) in [6, 6.07) is 31.2. The first-order valence-electron chi connectivity index (χ1n) is 27.4. The highest BCUT2D eigenvalue weighted by molar-refractivity contribution is 14.1. The van der Waals surface area contributed by atoms with Gasteiger partial charge in [0.05, 0.1) is 25.0 Å². The van der Waals surface area contributed by atoms with Gasteiger partial charge in [0.25, 0.3) is 0 Å². The van der Waals surface area contributed by atoms with Crippen molar-refractivity contribution in [2.75, 3.05) is 0 Å². The average Bonchev–Trinajstić information content (AvgIpc) is 2.45. The van der Waals surface area contributed by atoms with Crippen molar-refractivity contribution in [2.45, 2.75) is 103 Å². The van der Waals surface area contributed by atoms with Gasteiger partial charge in [-0.2, -0.15) is 0 Å². The lowest BCUT2D eigenvalue weighted by Crippen LogP contribution is -2.37. The van der Waals surface area contributed by atoms with Gasteiger partial charge in [-0.25, -0.2) is 0 Å². The Morgan fingerprint density at radius 3 is 1.47 bits per heavy atom. The number of aryl methyl sites for hydroxylation is 3. The lowest BCUT2D eigenvalue weighted by molar-refractivity contribution is 0.178. The molecule has 1 unspecified atom stereocenters. The van der Waals surface area contributed by atoms with Crippen molar-refractivity contribution in [3.63, 3.8) is 0 Å². The van der Waals surface area contributed by atoms with Crippen LogP contribution in [0.15, 0.2) is 110 Å². The highest BCUT2D eigenvalue weighted by Crippen LogP contribution is 2.51. The van der Waals surface area contributed by atoms with E-state index >= 15 is 0 Å². The number of ether oxygens (including phenoxy) is 2. The minimum atomic E-state index is -0.924. The van der Waals surface area contributed by atoms with Crippen molar-refractivity contribution >= 4 is 170 Å². The van der Waals surface area contributed by atoms with Gasteiger partial charge in [0.2, 0.25) is 0 Å². The number of phenolic OH excluding ortho intramolecular Hbond substituents is 7. The van der Waals surface area contributed by atoms with Gasteiger partial charge in [-0.05, 0) is 349 Å². The van der Waals surface area contributed by atoms with Crippen LogP contribution in [-0.4, -0.2) is 35.7 Å². The van der Waals surface area contributed by atoms with Crippen molar-refractivity contribution in [3.8, 4) is 57.5 Å². The molecule has 8 aromatic rings. The fraction of sp³-hybridized carbons (Fsp3) is 0.246. The summed E-state index contributed by atoms with van der Waals surface area (Å²) in [5.74, 6) is 3.00. The molecule has 7 N–H and O–H groups in total. The number of phenols is 7. The molecule has 0 aliphatic heterocycles. The number of aromatic hydroxyl groups is 7. The second-order valence-electron chi connectivity index (χ2n) is 23.0. The van der Waals surface area contributed by atoms with Crippen LogP contribution in [0.1, 0.15) is 136 Å². The van der Waals surface area contributed by atoms with Gasteiger partial charge < -0.3 is 45.2 Å². The molecule has 9 nitrogen and oxygen atoms in total. The third-order valence-corrected chi connectivity index (χ3v) is 22.5. The van der Waals surface area contributed by atoms with E-state index in [9.17, 15) is 35.7 Å². The van der Waals surface area contributed by atoms with Crippen molar-refractivity contribution in [1.29, 1.82) is 0 Å². The summed E-state index contributed by atoms with van der Waals surface area (Å²) in [5.41, 5.74) is 11.9. The van der Waals surface area contributed by atoms with E-state index in [4.69, 9.17) is 9.47 Å². The van der Waals surface area contributed by atoms with Crippen LogP contribution < -0.4 is 9.47 Å². The van der Waals surface area contributed by atoms with E-state index in [0.29, 0.717) is 96.0 Å². The van der Waals surface area contributed by atoms with Gasteiger partial charge in [0.1, 0.15) is 57.5 Å². The number of benzene rings is 8. The predicted molar refractivity (Wildman–Crippen MR) is 400 cm³/mol. The van der Waals surface area contributed by atoms with Gasteiger partial charge in [-0.1, -0.05) is 76.4 Å². The minimum Gasteiger partial charge on any atom is -0.507 e. The second kappa shape index (κ2) is 26.9. The fourth-order valence-corrected chi connectivity index (χ4v) is 18.4. The van der Waals surface area contributed by atoms with Crippen LogP contribution >= 0.6 is 158 Å². The molecule has 16 heteroatoms. The van der Waals surface area contributed by atoms with Crippen LogP contribution in [-0.2, 0) is 30.1 Å². The Morgan fingerprint density at radius 2 is 0.941 bits per heavy atom. The van der Waals surface area contributed by atoms with E-state index in [1.165, 1.54) is 11.1 Å². The summed E-state index contributed by atoms with van der Waals surface area (Å²) in [4.78, 5) is 0. The highest BCUT2D eigenvalue weighted by atomic mass is 127. The summed E-state index contributed by atoms with van der Waals surface area (Å²) in [7, 11) is 0. The standard InChI is InChI=1S/C69H63I7O9/c1-9-40-28-49(30-44(62(40)80)20-38-22-53(71)64(82)54(72)23-38)84-50-29-41(10-2)63(81)51(33-50)66(45-31-55(73)65(83)56(74)32-45)85-67-57(75)24-39(25-58(67)76)19-42-26-47(16-35(4)59(42)77)68(6,7)46-11-13-69(8,14-12-46)48-17-36(5)60(78)43(27-48)18-37-15-34(3)61(79)52(70)21-37/h9-10,15-17,21-33,46,66,77-83H,1-2,11-14,18-20H2,3-8H3. The highest BCUT2D eigenvalue weighted by Gasteiger charge is 2.40. The van der Waals surface area contributed by atoms with Gasteiger partial charge in [0.15, 0.2) is 6.10 Å². The Bertz CT molecular complexity index is 3880. The monoisotopic (exact) mass is 1920 g/mol. The molecule has 1 fully saturated rings. The van der Waals surface area contributed by atoms with E-state index < -0.39 is 6.10 Å². The summed E-state index contributed by atoms with van der Waals surface area (Å²) < 4.78 is 18.8. The first kappa shape index (κ1) is 66.0. The third-order valence-electron chi connectivity index (χ3n) is 16.8. The molecule has 85 heavy (non-hydrogen) atoms. The van der Waals surface area contributed by atoms with Gasteiger partial charge in [-0.3, -0.25) is 0 Å². The number of hydrogen-bond donors (Lipinski definition) is 7. The summed E-state index contributed by atoms with van der Waals surface area (Å²) >= 11 is 15.2. The van der Waals surface area contributed by atoms with Gasteiger partial charge in [0, 0.05) is 41.5 Å². The quantitative estimate of drug-likeness (QED) is 0.0441. The molecular formula is C69H63I7O9. The van der Waals surface area contributed by atoms with E-state index in [-0.39, 0.29) is 39.6 Å². The summed E-state index contributed by atoms with van der Waals surface area (Å²) in [5, 5.41) is 78.3. The maximum Gasteiger partial charge on any atom is 0.153 e. The van der Waals surface area contributed by atoms with Gasteiger partial charge in [-0.15, -0.1) is 0 Å². The summed E-state index contributed by atoms with van der Waals surface area (Å²) in [6.45, 7) is 20.9. The zero-order valence-electron chi connectivity index (χ0n) is 47.5. The maximum atomic E-state index is 12.1. The van der Waals surface area contributed by atoms with Crippen molar-refractivity contribution < 1.29 is 45.2 Å². The van der Waals surface area contributed by atoms with E-state index in [1.807, 2.05) is 57.2 Å². The molecule has 1 aliphatic rings. The predicted octanol–water partition coefficient (Wildman–Crippen LogP) is 20.2. The summed E-state index contributed by atoms with van der Waals surface area (Å²) in [6.07, 6.45) is 7.62. The van der Waals surface area contributed by atoms with Crippen LogP contribution in [0.2, 0.25) is 0 Å². The number of rotatable bonds is 17. The molecule has 1 aliphatic carbocycles. The molecule has 0 aromatic heterocycles.